The van der Waals surface area contributed by atoms with Crippen molar-refractivity contribution in [2.75, 3.05) is 20.1 Å². The Morgan fingerprint density at radius 3 is 2.42 bits per heavy atom. The standard InChI is InChI=1S/C14H25N3OS/c1-13(2,3)11-10(19-9-16-11)12(18)17(6)8-14(4,5)7-15/h9H,7-8,15H2,1-6H3. The molecule has 4 nitrogen and oxygen atoms in total. The van der Waals surface area contributed by atoms with Crippen molar-refractivity contribution in [1.82, 2.24) is 9.88 Å². The Morgan fingerprint density at radius 1 is 1.37 bits per heavy atom. The number of hydrogen-bond donors (Lipinski definition) is 1. The summed E-state index contributed by atoms with van der Waals surface area (Å²) in [4.78, 5) is 19.4. The van der Waals surface area contributed by atoms with Crippen molar-refractivity contribution in [2.45, 2.75) is 40.0 Å². The molecular formula is C14H25N3OS. The molecule has 1 rings (SSSR count). The molecule has 0 spiro atoms. The fraction of sp³-hybridized carbons (Fsp3) is 0.714. The number of thiazole rings is 1. The lowest BCUT2D eigenvalue weighted by molar-refractivity contribution is 0.0742. The molecule has 0 saturated heterocycles. The first-order chi connectivity index (χ1) is 8.58. The minimum absolute atomic E-state index is 0.0361. The highest BCUT2D eigenvalue weighted by Gasteiger charge is 2.28. The topological polar surface area (TPSA) is 59.2 Å². The third-order valence-electron chi connectivity index (χ3n) is 3.04. The van der Waals surface area contributed by atoms with Crippen molar-refractivity contribution in [2.24, 2.45) is 11.1 Å². The van der Waals surface area contributed by atoms with Crippen molar-refractivity contribution < 1.29 is 4.79 Å². The summed E-state index contributed by atoms with van der Waals surface area (Å²) in [5.74, 6) is 0.0361. The maximum Gasteiger partial charge on any atom is 0.265 e. The summed E-state index contributed by atoms with van der Waals surface area (Å²) in [7, 11) is 1.83. The molecule has 1 amide bonds. The van der Waals surface area contributed by atoms with Crippen LogP contribution in [0.25, 0.3) is 0 Å². The zero-order chi connectivity index (χ0) is 14.8. The Balaban J connectivity index is 2.93. The molecule has 5 heteroatoms. The third-order valence-corrected chi connectivity index (χ3v) is 3.85. The lowest BCUT2D eigenvalue weighted by atomic mass is 9.90. The van der Waals surface area contributed by atoms with Crippen LogP contribution in [0.3, 0.4) is 0 Å². The van der Waals surface area contributed by atoms with Crippen molar-refractivity contribution >= 4 is 17.2 Å². The summed E-state index contributed by atoms with van der Waals surface area (Å²) in [5.41, 5.74) is 8.16. The van der Waals surface area contributed by atoms with Crippen LogP contribution >= 0.6 is 11.3 Å². The van der Waals surface area contributed by atoms with E-state index in [1.54, 1.807) is 10.4 Å². The molecule has 1 heterocycles. The van der Waals surface area contributed by atoms with Gasteiger partial charge in [-0.1, -0.05) is 34.6 Å². The fourth-order valence-electron chi connectivity index (χ4n) is 1.88. The smallest absolute Gasteiger partial charge is 0.265 e. The van der Waals surface area contributed by atoms with Gasteiger partial charge in [0.2, 0.25) is 0 Å². The second-order valence-electron chi connectivity index (χ2n) is 6.81. The van der Waals surface area contributed by atoms with E-state index in [0.717, 1.165) is 10.6 Å². The molecule has 19 heavy (non-hydrogen) atoms. The van der Waals surface area contributed by atoms with Crippen molar-refractivity contribution in [3.63, 3.8) is 0 Å². The van der Waals surface area contributed by atoms with Gasteiger partial charge in [-0.05, 0) is 12.0 Å². The van der Waals surface area contributed by atoms with Gasteiger partial charge in [-0.15, -0.1) is 11.3 Å². The lowest BCUT2D eigenvalue weighted by Crippen LogP contribution is -2.40. The molecule has 0 aliphatic rings. The van der Waals surface area contributed by atoms with E-state index in [1.165, 1.54) is 11.3 Å². The largest absolute Gasteiger partial charge is 0.340 e. The minimum atomic E-state index is -0.116. The van der Waals surface area contributed by atoms with E-state index in [-0.39, 0.29) is 16.7 Å². The SMILES string of the molecule is CN(CC(C)(C)CN)C(=O)c1scnc1C(C)(C)C. The summed E-state index contributed by atoms with van der Waals surface area (Å²) in [6, 6.07) is 0. The van der Waals surface area contributed by atoms with Gasteiger partial charge >= 0.3 is 0 Å². The minimum Gasteiger partial charge on any atom is -0.340 e. The molecule has 0 unspecified atom stereocenters. The van der Waals surface area contributed by atoms with E-state index in [9.17, 15) is 4.79 Å². The van der Waals surface area contributed by atoms with Gasteiger partial charge in [0.25, 0.3) is 5.91 Å². The summed E-state index contributed by atoms with van der Waals surface area (Å²) in [5, 5.41) is 0. The van der Waals surface area contributed by atoms with Crippen LogP contribution in [0, 0.1) is 5.41 Å². The number of nitrogens with two attached hydrogens (primary N) is 1. The highest BCUT2D eigenvalue weighted by molar-refractivity contribution is 7.11. The molecule has 0 aliphatic heterocycles. The van der Waals surface area contributed by atoms with Crippen LogP contribution < -0.4 is 5.73 Å². The molecule has 0 radical (unpaired) electrons. The zero-order valence-corrected chi connectivity index (χ0v) is 13.6. The summed E-state index contributed by atoms with van der Waals surface area (Å²) >= 11 is 1.41. The number of aromatic nitrogens is 1. The van der Waals surface area contributed by atoms with E-state index < -0.39 is 0 Å². The lowest BCUT2D eigenvalue weighted by Gasteiger charge is -2.29. The summed E-state index contributed by atoms with van der Waals surface area (Å²) in [6.45, 7) is 11.5. The van der Waals surface area contributed by atoms with Gasteiger partial charge in [0.1, 0.15) is 4.88 Å². The molecule has 0 fully saturated rings. The molecule has 0 atom stereocenters. The fourth-order valence-corrected chi connectivity index (χ4v) is 2.87. The first-order valence-electron chi connectivity index (χ1n) is 6.48. The average Bonchev–Trinajstić information content (AvgIpc) is 2.75. The maximum atomic E-state index is 12.5. The maximum absolute atomic E-state index is 12.5. The van der Waals surface area contributed by atoms with Gasteiger partial charge in [-0.2, -0.15) is 0 Å². The Morgan fingerprint density at radius 2 is 1.95 bits per heavy atom. The van der Waals surface area contributed by atoms with Crippen LogP contribution in [0.4, 0.5) is 0 Å². The number of hydrogen-bond acceptors (Lipinski definition) is 4. The van der Waals surface area contributed by atoms with E-state index >= 15 is 0 Å². The molecule has 0 aliphatic carbocycles. The predicted octanol–water partition coefficient (Wildman–Crippen LogP) is 2.50. The number of carbonyl (C=O) groups excluding carboxylic acids is 1. The van der Waals surface area contributed by atoms with Crippen LogP contribution in [0.1, 0.15) is 50.0 Å². The molecule has 0 aromatic carbocycles. The highest BCUT2D eigenvalue weighted by Crippen LogP contribution is 2.28. The first kappa shape index (κ1) is 16.1. The molecule has 1 aromatic rings. The van der Waals surface area contributed by atoms with Gasteiger partial charge in [-0.3, -0.25) is 4.79 Å². The monoisotopic (exact) mass is 283 g/mol. The Bertz CT molecular complexity index is 446. The molecule has 0 bridgehead atoms. The molecule has 2 N–H and O–H groups in total. The van der Waals surface area contributed by atoms with E-state index in [2.05, 4.69) is 39.6 Å². The zero-order valence-electron chi connectivity index (χ0n) is 12.8. The molecule has 0 saturated carbocycles. The van der Waals surface area contributed by atoms with Crippen LogP contribution in [-0.4, -0.2) is 35.9 Å². The van der Waals surface area contributed by atoms with Crippen LogP contribution in [0.2, 0.25) is 0 Å². The van der Waals surface area contributed by atoms with Crippen LogP contribution in [0.5, 0.6) is 0 Å². The van der Waals surface area contributed by atoms with Gasteiger partial charge in [0.15, 0.2) is 0 Å². The second-order valence-corrected chi connectivity index (χ2v) is 7.66. The van der Waals surface area contributed by atoms with Gasteiger partial charge in [0, 0.05) is 19.0 Å². The van der Waals surface area contributed by atoms with E-state index in [4.69, 9.17) is 5.73 Å². The van der Waals surface area contributed by atoms with Crippen LogP contribution in [-0.2, 0) is 5.41 Å². The first-order valence-corrected chi connectivity index (χ1v) is 7.36. The predicted molar refractivity (Wildman–Crippen MR) is 80.6 cm³/mol. The van der Waals surface area contributed by atoms with Crippen molar-refractivity contribution in [3.05, 3.63) is 16.1 Å². The Hall–Kier alpha value is -0.940. The summed E-state index contributed by atoms with van der Waals surface area (Å²) in [6.07, 6.45) is 0. The van der Waals surface area contributed by atoms with Crippen molar-refractivity contribution in [3.8, 4) is 0 Å². The molecule has 108 valence electrons. The summed E-state index contributed by atoms with van der Waals surface area (Å²) < 4.78 is 0. The Kier molecular flexibility index (Phi) is 4.74. The third kappa shape index (κ3) is 4.01. The molecular weight excluding hydrogens is 258 g/mol. The average molecular weight is 283 g/mol. The van der Waals surface area contributed by atoms with Gasteiger partial charge in [-0.25, -0.2) is 4.98 Å². The number of nitrogens with zero attached hydrogens (tertiary/aromatic N) is 2. The van der Waals surface area contributed by atoms with E-state index in [1.807, 2.05) is 7.05 Å². The van der Waals surface area contributed by atoms with Crippen molar-refractivity contribution in [1.29, 1.82) is 0 Å². The highest BCUT2D eigenvalue weighted by atomic mass is 32.1. The second kappa shape index (κ2) is 5.59. The Labute approximate surface area is 120 Å². The van der Waals surface area contributed by atoms with Crippen LogP contribution in [0.15, 0.2) is 5.51 Å². The normalized spacial score (nSPS) is 12.6. The van der Waals surface area contributed by atoms with Gasteiger partial charge < -0.3 is 10.6 Å². The molecule has 1 aromatic heterocycles. The number of amides is 1. The number of carbonyl (C=O) groups is 1. The quantitative estimate of drug-likeness (QED) is 0.923. The van der Waals surface area contributed by atoms with Gasteiger partial charge in [0.05, 0.1) is 11.2 Å². The number of rotatable bonds is 4. The van der Waals surface area contributed by atoms with E-state index in [0.29, 0.717) is 13.1 Å².